The zero-order chi connectivity index (χ0) is 10.4. The topological polar surface area (TPSA) is 15.3 Å². The average Bonchev–Trinajstić information content (AvgIpc) is 2.54. The Balaban J connectivity index is 2.07. The second kappa shape index (κ2) is 3.24. The minimum absolute atomic E-state index is 0.676. The van der Waals surface area contributed by atoms with Gasteiger partial charge in [0.15, 0.2) is 0 Å². The third-order valence-corrected chi connectivity index (χ3v) is 3.91. The summed E-state index contributed by atoms with van der Waals surface area (Å²) in [5.74, 6) is 0.756. The Morgan fingerprint density at radius 1 is 1.40 bits per heavy atom. The fourth-order valence-corrected chi connectivity index (χ4v) is 3.06. The van der Waals surface area contributed by atoms with Crippen molar-refractivity contribution in [3.8, 4) is 0 Å². The maximum atomic E-state index is 3.49. The van der Waals surface area contributed by atoms with Gasteiger partial charge >= 0.3 is 0 Å². The zero-order valence-electron chi connectivity index (χ0n) is 9.46. The number of hydrogen-bond acceptors (Lipinski definition) is 2. The summed E-state index contributed by atoms with van der Waals surface area (Å²) in [7, 11) is 2.23. The first-order chi connectivity index (χ1) is 7.27. The molecule has 0 aliphatic carbocycles. The van der Waals surface area contributed by atoms with Crippen LogP contribution in [0.2, 0.25) is 0 Å². The number of fused-ring (bicyclic) bond motifs is 3. The second-order valence-corrected chi connectivity index (χ2v) is 4.84. The molecule has 2 nitrogen and oxygen atoms in total. The van der Waals surface area contributed by atoms with Gasteiger partial charge in [0.05, 0.1) is 0 Å². The molecule has 2 atom stereocenters. The van der Waals surface area contributed by atoms with Crippen molar-refractivity contribution in [2.24, 2.45) is 0 Å². The summed E-state index contributed by atoms with van der Waals surface area (Å²) < 4.78 is 0. The molecule has 1 fully saturated rings. The van der Waals surface area contributed by atoms with Crippen molar-refractivity contribution < 1.29 is 0 Å². The van der Waals surface area contributed by atoms with Crippen LogP contribution in [0.15, 0.2) is 18.2 Å². The van der Waals surface area contributed by atoms with E-state index in [9.17, 15) is 0 Å². The fraction of sp³-hybridized carbons (Fsp3) is 0.538. The van der Waals surface area contributed by atoms with Gasteiger partial charge in [0.25, 0.3) is 0 Å². The Bertz CT molecular complexity index is 386. The largest absolute Gasteiger partial charge is 0.369 e. The van der Waals surface area contributed by atoms with Gasteiger partial charge in [-0.15, -0.1) is 0 Å². The maximum absolute atomic E-state index is 3.49. The van der Waals surface area contributed by atoms with E-state index in [0.717, 1.165) is 12.5 Å². The Kier molecular flexibility index (Phi) is 1.99. The number of benzene rings is 1. The Morgan fingerprint density at radius 2 is 2.27 bits per heavy atom. The van der Waals surface area contributed by atoms with Gasteiger partial charge in [0.1, 0.15) is 0 Å². The van der Waals surface area contributed by atoms with Gasteiger partial charge in [0, 0.05) is 31.2 Å². The van der Waals surface area contributed by atoms with Crippen LogP contribution in [-0.4, -0.2) is 26.2 Å². The van der Waals surface area contributed by atoms with Gasteiger partial charge in [-0.25, -0.2) is 0 Å². The van der Waals surface area contributed by atoms with E-state index < -0.39 is 0 Å². The second-order valence-electron chi connectivity index (χ2n) is 4.84. The highest BCUT2D eigenvalue weighted by Gasteiger charge is 2.37. The Labute approximate surface area is 91.3 Å². The van der Waals surface area contributed by atoms with E-state index in [0.29, 0.717) is 6.04 Å². The number of aryl methyl sites for hydroxylation is 1. The van der Waals surface area contributed by atoms with Crippen molar-refractivity contribution in [1.82, 2.24) is 5.32 Å². The molecule has 80 valence electrons. The van der Waals surface area contributed by atoms with E-state index in [2.05, 4.69) is 42.4 Å². The Hall–Kier alpha value is -1.02. The van der Waals surface area contributed by atoms with Crippen LogP contribution >= 0.6 is 0 Å². The van der Waals surface area contributed by atoms with Crippen LogP contribution in [0.25, 0.3) is 0 Å². The normalized spacial score (nSPS) is 28.8. The summed E-state index contributed by atoms with van der Waals surface area (Å²) in [5.41, 5.74) is 4.38. The molecule has 2 aliphatic rings. The van der Waals surface area contributed by atoms with Crippen molar-refractivity contribution >= 4 is 5.69 Å². The predicted molar refractivity (Wildman–Crippen MR) is 63.6 cm³/mol. The highest BCUT2D eigenvalue weighted by atomic mass is 15.2. The number of piperidine rings is 1. The number of nitrogens with zero attached hydrogens (tertiary/aromatic N) is 1. The Morgan fingerprint density at radius 3 is 3.13 bits per heavy atom. The fourth-order valence-electron chi connectivity index (χ4n) is 3.06. The van der Waals surface area contributed by atoms with E-state index in [-0.39, 0.29) is 0 Å². The van der Waals surface area contributed by atoms with Crippen LogP contribution in [0.1, 0.15) is 23.5 Å². The minimum atomic E-state index is 0.676. The molecule has 2 unspecified atom stereocenters. The van der Waals surface area contributed by atoms with Crippen molar-refractivity contribution in [1.29, 1.82) is 0 Å². The number of rotatable bonds is 0. The van der Waals surface area contributed by atoms with Gasteiger partial charge in [-0.2, -0.15) is 0 Å². The molecule has 0 saturated carbocycles. The molecule has 0 spiro atoms. The smallest absolute Gasteiger partial charge is 0.0481 e. The molecule has 2 heteroatoms. The minimum Gasteiger partial charge on any atom is -0.369 e. The lowest BCUT2D eigenvalue weighted by molar-refractivity contribution is 0.413. The van der Waals surface area contributed by atoms with Gasteiger partial charge in [-0.05, 0) is 37.1 Å². The third-order valence-electron chi connectivity index (χ3n) is 3.91. The van der Waals surface area contributed by atoms with Gasteiger partial charge in [-0.1, -0.05) is 12.1 Å². The molecule has 1 aromatic carbocycles. The molecule has 2 heterocycles. The molecule has 0 aromatic heterocycles. The first kappa shape index (κ1) is 9.22. The molecule has 1 N–H and O–H groups in total. The van der Waals surface area contributed by atoms with Crippen molar-refractivity contribution in [3.63, 3.8) is 0 Å². The first-order valence-electron chi connectivity index (χ1n) is 5.81. The van der Waals surface area contributed by atoms with E-state index in [1.165, 1.54) is 24.2 Å². The molecule has 3 rings (SSSR count). The van der Waals surface area contributed by atoms with Crippen LogP contribution in [-0.2, 0) is 0 Å². The summed E-state index contributed by atoms with van der Waals surface area (Å²) in [4.78, 5) is 2.46. The quantitative estimate of drug-likeness (QED) is 0.691. The molecule has 2 aliphatic heterocycles. The lowest BCUT2D eigenvalue weighted by atomic mass is 9.89. The number of likely N-dealkylation sites (N-methyl/N-ethyl adjacent to an activating group) is 1. The summed E-state index contributed by atoms with van der Waals surface area (Å²) in [6.07, 6.45) is 1.28. The first-order valence-corrected chi connectivity index (χ1v) is 5.81. The highest BCUT2D eigenvalue weighted by molar-refractivity contribution is 5.63. The van der Waals surface area contributed by atoms with Gasteiger partial charge in [-0.3, -0.25) is 0 Å². The lowest BCUT2D eigenvalue weighted by Crippen LogP contribution is -2.44. The van der Waals surface area contributed by atoms with Crippen LogP contribution < -0.4 is 10.2 Å². The average molecular weight is 202 g/mol. The van der Waals surface area contributed by atoms with E-state index in [1.807, 2.05) is 0 Å². The number of anilines is 1. The van der Waals surface area contributed by atoms with E-state index >= 15 is 0 Å². The van der Waals surface area contributed by atoms with Crippen molar-refractivity contribution in [2.75, 3.05) is 25.0 Å². The maximum Gasteiger partial charge on any atom is 0.0481 e. The summed E-state index contributed by atoms with van der Waals surface area (Å²) in [6, 6.07) is 7.58. The van der Waals surface area contributed by atoms with Crippen molar-refractivity contribution in [2.45, 2.75) is 25.3 Å². The zero-order valence-corrected chi connectivity index (χ0v) is 9.46. The van der Waals surface area contributed by atoms with Crippen LogP contribution in [0.3, 0.4) is 0 Å². The van der Waals surface area contributed by atoms with Gasteiger partial charge < -0.3 is 10.2 Å². The number of nitrogens with one attached hydrogen (secondary N) is 1. The monoisotopic (exact) mass is 202 g/mol. The lowest BCUT2D eigenvalue weighted by Gasteiger charge is -2.31. The van der Waals surface area contributed by atoms with Crippen LogP contribution in [0, 0.1) is 6.92 Å². The van der Waals surface area contributed by atoms with Gasteiger partial charge in [0.2, 0.25) is 0 Å². The third kappa shape index (κ3) is 1.28. The molecule has 1 saturated heterocycles. The van der Waals surface area contributed by atoms with Crippen molar-refractivity contribution in [3.05, 3.63) is 29.3 Å². The summed E-state index contributed by atoms with van der Waals surface area (Å²) >= 11 is 0. The molecular formula is C13H18N2. The molecule has 0 bridgehead atoms. The molecule has 15 heavy (non-hydrogen) atoms. The van der Waals surface area contributed by atoms with Crippen LogP contribution in [0.4, 0.5) is 5.69 Å². The predicted octanol–water partition coefficient (Wildman–Crippen LogP) is 1.89. The highest BCUT2D eigenvalue weighted by Crippen LogP contribution is 2.42. The summed E-state index contributed by atoms with van der Waals surface area (Å²) in [5, 5.41) is 3.49. The molecule has 0 amide bonds. The SMILES string of the molecule is Cc1ccc2c(c1)N(C)C1CNCCC21. The van der Waals surface area contributed by atoms with Crippen LogP contribution in [0.5, 0.6) is 0 Å². The standard InChI is InChI=1S/C13H18N2/c1-9-3-4-10-11-5-6-14-8-13(11)15(2)12(10)7-9/h3-4,7,11,13-14H,5-6,8H2,1-2H3. The van der Waals surface area contributed by atoms with E-state index in [1.54, 1.807) is 5.56 Å². The molecule has 0 radical (unpaired) electrons. The molecular weight excluding hydrogens is 184 g/mol. The molecule has 1 aromatic rings. The van der Waals surface area contributed by atoms with E-state index in [4.69, 9.17) is 0 Å². The summed E-state index contributed by atoms with van der Waals surface area (Å²) in [6.45, 7) is 4.48. The number of hydrogen-bond donors (Lipinski definition) is 1.